The van der Waals surface area contributed by atoms with E-state index in [-0.39, 0.29) is 5.56 Å². The van der Waals surface area contributed by atoms with Crippen LogP contribution in [0.4, 0.5) is 8.78 Å². The summed E-state index contributed by atoms with van der Waals surface area (Å²) in [6.07, 6.45) is 0. The minimum Gasteiger partial charge on any atom is -0.201 e. The molecule has 0 saturated carbocycles. The molecular formula is C11H13BrF2. The third-order valence-electron chi connectivity index (χ3n) is 2.28. The highest BCUT2D eigenvalue weighted by molar-refractivity contribution is 9.10. The van der Waals surface area contributed by atoms with E-state index in [1.807, 2.05) is 0 Å². The molecule has 1 rings (SSSR count). The van der Waals surface area contributed by atoms with Crippen molar-refractivity contribution in [1.82, 2.24) is 0 Å². The highest BCUT2D eigenvalue weighted by atomic mass is 79.9. The summed E-state index contributed by atoms with van der Waals surface area (Å²) in [4.78, 5) is 0. The smallest absolute Gasteiger partial charge is 0.201 e. The van der Waals surface area contributed by atoms with Gasteiger partial charge in [0.1, 0.15) is 0 Å². The molecule has 0 unspecified atom stereocenters. The van der Waals surface area contributed by atoms with Gasteiger partial charge in [0.15, 0.2) is 0 Å². The van der Waals surface area contributed by atoms with E-state index in [0.29, 0.717) is 10.0 Å². The monoisotopic (exact) mass is 262 g/mol. The molecule has 0 spiro atoms. The molecule has 0 amide bonds. The maximum absolute atomic E-state index is 13.7. The summed E-state index contributed by atoms with van der Waals surface area (Å²) in [7, 11) is 0. The third-order valence-corrected chi connectivity index (χ3v) is 2.78. The predicted molar refractivity (Wildman–Crippen MR) is 57.6 cm³/mol. The van der Waals surface area contributed by atoms with Gasteiger partial charge in [-0.15, -0.1) is 0 Å². The molecule has 0 heterocycles. The molecule has 0 nitrogen and oxygen atoms in total. The zero-order chi connectivity index (χ0) is 10.9. The topological polar surface area (TPSA) is 0 Å². The summed E-state index contributed by atoms with van der Waals surface area (Å²) in [5, 5.41) is 0. The summed E-state index contributed by atoms with van der Waals surface area (Å²) in [5.41, 5.74) is 0.744. The molecule has 0 aromatic heterocycles. The van der Waals surface area contributed by atoms with E-state index in [2.05, 4.69) is 15.9 Å². The first-order valence-corrected chi connectivity index (χ1v) is 5.29. The van der Waals surface area contributed by atoms with Crippen LogP contribution in [0, 0.1) is 12.8 Å². The largest absolute Gasteiger partial charge is 0.275 e. The molecule has 0 saturated heterocycles. The van der Waals surface area contributed by atoms with Gasteiger partial charge in [-0.3, -0.25) is 0 Å². The maximum atomic E-state index is 13.7. The van der Waals surface area contributed by atoms with Crippen molar-refractivity contribution in [2.45, 2.75) is 26.7 Å². The lowest BCUT2D eigenvalue weighted by Crippen LogP contribution is -2.22. The van der Waals surface area contributed by atoms with Crippen molar-refractivity contribution in [1.29, 1.82) is 0 Å². The van der Waals surface area contributed by atoms with Crippen molar-refractivity contribution in [3.63, 3.8) is 0 Å². The Morgan fingerprint density at radius 2 is 1.86 bits per heavy atom. The van der Waals surface area contributed by atoms with E-state index in [4.69, 9.17) is 0 Å². The number of alkyl halides is 2. The van der Waals surface area contributed by atoms with Gasteiger partial charge in [-0.1, -0.05) is 35.8 Å². The minimum atomic E-state index is -2.76. The van der Waals surface area contributed by atoms with Crippen LogP contribution < -0.4 is 0 Å². The fraction of sp³-hybridized carbons (Fsp3) is 0.455. The van der Waals surface area contributed by atoms with Gasteiger partial charge < -0.3 is 0 Å². The van der Waals surface area contributed by atoms with Gasteiger partial charge in [0.05, 0.1) is 0 Å². The number of halogens is 3. The lowest BCUT2D eigenvalue weighted by molar-refractivity contribution is -0.0519. The van der Waals surface area contributed by atoms with Gasteiger partial charge in [0.25, 0.3) is 5.92 Å². The van der Waals surface area contributed by atoms with Crippen molar-refractivity contribution in [2.24, 2.45) is 5.92 Å². The predicted octanol–water partition coefficient (Wildman–Crippen LogP) is 4.51. The quantitative estimate of drug-likeness (QED) is 0.736. The molecule has 0 N–H and O–H groups in total. The lowest BCUT2D eigenvalue weighted by atomic mass is 9.94. The van der Waals surface area contributed by atoms with Crippen molar-refractivity contribution in [3.05, 3.63) is 33.8 Å². The minimum absolute atomic E-state index is 0.113. The van der Waals surface area contributed by atoms with Crippen molar-refractivity contribution in [2.75, 3.05) is 0 Å². The van der Waals surface area contributed by atoms with Gasteiger partial charge in [0.2, 0.25) is 0 Å². The summed E-state index contributed by atoms with van der Waals surface area (Å²) < 4.78 is 28.1. The van der Waals surface area contributed by atoms with E-state index in [9.17, 15) is 8.78 Å². The molecule has 1 aromatic rings. The van der Waals surface area contributed by atoms with Crippen LogP contribution in [0.2, 0.25) is 0 Å². The van der Waals surface area contributed by atoms with Gasteiger partial charge >= 0.3 is 0 Å². The number of hydrogen-bond acceptors (Lipinski definition) is 0. The molecule has 1 aromatic carbocycles. The highest BCUT2D eigenvalue weighted by Gasteiger charge is 2.36. The number of benzene rings is 1. The zero-order valence-electron chi connectivity index (χ0n) is 8.44. The standard InChI is InChI=1S/C11H13BrF2/c1-7(2)11(13,14)10-6-9(12)5-4-8(10)3/h4-7H,1-3H3. The van der Waals surface area contributed by atoms with E-state index in [0.717, 1.165) is 0 Å². The van der Waals surface area contributed by atoms with Crippen molar-refractivity contribution < 1.29 is 8.78 Å². The van der Waals surface area contributed by atoms with Gasteiger partial charge in [0, 0.05) is 16.0 Å². The van der Waals surface area contributed by atoms with Gasteiger partial charge in [-0.2, -0.15) is 0 Å². The molecule has 0 aliphatic carbocycles. The highest BCUT2D eigenvalue weighted by Crippen LogP contribution is 2.38. The molecule has 0 fully saturated rings. The number of hydrogen-bond donors (Lipinski definition) is 0. The third kappa shape index (κ3) is 2.14. The SMILES string of the molecule is Cc1ccc(Br)cc1C(F)(F)C(C)C. The Balaban J connectivity index is 3.24. The Morgan fingerprint density at radius 3 is 2.36 bits per heavy atom. The van der Waals surface area contributed by atoms with Crippen LogP contribution in [0.15, 0.2) is 22.7 Å². The summed E-state index contributed by atoms with van der Waals surface area (Å²) in [6.45, 7) is 4.76. The lowest BCUT2D eigenvalue weighted by Gasteiger charge is -2.22. The van der Waals surface area contributed by atoms with Crippen LogP contribution in [-0.2, 0) is 5.92 Å². The van der Waals surface area contributed by atoms with Gasteiger partial charge in [-0.05, 0) is 24.6 Å². The maximum Gasteiger partial charge on any atom is 0.275 e. The summed E-state index contributed by atoms with van der Waals surface area (Å²) in [6, 6.07) is 4.97. The van der Waals surface area contributed by atoms with Crippen LogP contribution in [0.1, 0.15) is 25.0 Å². The average molecular weight is 263 g/mol. The van der Waals surface area contributed by atoms with Crippen molar-refractivity contribution >= 4 is 15.9 Å². The van der Waals surface area contributed by atoms with Crippen molar-refractivity contribution in [3.8, 4) is 0 Å². The molecule has 14 heavy (non-hydrogen) atoms. The second-order valence-electron chi connectivity index (χ2n) is 3.74. The van der Waals surface area contributed by atoms with Gasteiger partial charge in [-0.25, -0.2) is 8.78 Å². The number of rotatable bonds is 2. The van der Waals surface area contributed by atoms with E-state index < -0.39 is 11.8 Å². The first kappa shape index (κ1) is 11.6. The van der Waals surface area contributed by atoms with Crippen LogP contribution in [0.5, 0.6) is 0 Å². The molecule has 78 valence electrons. The zero-order valence-corrected chi connectivity index (χ0v) is 10.0. The second kappa shape index (κ2) is 3.97. The fourth-order valence-electron chi connectivity index (χ4n) is 1.26. The Bertz CT molecular complexity index is 332. The molecule has 0 radical (unpaired) electrons. The molecule has 3 heteroatoms. The van der Waals surface area contributed by atoms with E-state index >= 15 is 0 Å². The molecular weight excluding hydrogens is 250 g/mol. The normalized spacial score (nSPS) is 12.2. The summed E-state index contributed by atoms with van der Waals surface area (Å²) >= 11 is 3.20. The Labute approximate surface area is 91.5 Å². The average Bonchev–Trinajstić information content (AvgIpc) is 2.08. The number of aryl methyl sites for hydroxylation is 1. The van der Waals surface area contributed by atoms with Crippen LogP contribution in [-0.4, -0.2) is 0 Å². The first-order chi connectivity index (χ1) is 6.35. The van der Waals surface area contributed by atoms with Crippen LogP contribution >= 0.6 is 15.9 Å². The second-order valence-corrected chi connectivity index (χ2v) is 4.65. The Hall–Kier alpha value is -0.440. The molecule has 0 aliphatic heterocycles. The Kier molecular flexibility index (Phi) is 3.30. The molecule has 0 atom stereocenters. The Morgan fingerprint density at radius 1 is 1.29 bits per heavy atom. The van der Waals surface area contributed by atoms with Crippen LogP contribution in [0.25, 0.3) is 0 Å². The van der Waals surface area contributed by atoms with Crippen LogP contribution in [0.3, 0.4) is 0 Å². The first-order valence-electron chi connectivity index (χ1n) is 4.50. The molecule has 0 aliphatic rings. The summed E-state index contributed by atoms with van der Waals surface area (Å²) in [5.74, 6) is -3.44. The van der Waals surface area contributed by atoms with E-state index in [1.54, 1.807) is 19.1 Å². The van der Waals surface area contributed by atoms with E-state index in [1.165, 1.54) is 19.9 Å². The fourth-order valence-corrected chi connectivity index (χ4v) is 1.63. The molecule has 0 bridgehead atoms.